The van der Waals surface area contributed by atoms with Crippen LogP contribution in [0, 0.1) is 25.2 Å². The number of carbonyl (C=O) groups is 1. The first-order valence-electron chi connectivity index (χ1n) is 10.8. The third-order valence-electron chi connectivity index (χ3n) is 5.77. The fourth-order valence-corrected chi connectivity index (χ4v) is 6.31. The molecule has 1 aromatic heterocycles. The van der Waals surface area contributed by atoms with Crippen LogP contribution in [-0.2, 0) is 14.8 Å². The van der Waals surface area contributed by atoms with Gasteiger partial charge in [-0.15, -0.1) is 0 Å². The number of thioether (sulfide) groups is 1. The number of imidazole rings is 1. The van der Waals surface area contributed by atoms with Crippen molar-refractivity contribution < 1.29 is 13.2 Å². The second kappa shape index (κ2) is 10.0. The van der Waals surface area contributed by atoms with E-state index in [2.05, 4.69) is 23.2 Å². The summed E-state index contributed by atoms with van der Waals surface area (Å²) in [6, 6.07) is 14.3. The number of hydrogen-bond acceptors (Lipinski definition) is 6. The molecule has 0 unspecified atom stereocenters. The largest absolute Gasteiger partial charge is 0.339 e. The van der Waals surface area contributed by atoms with E-state index in [0.717, 1.165) is 22.0 Å². The molecule has 0 radical (unpaired) electrons. The van der Waals surface area contributed by atoms with E-state index in [4.69, 9.17) is 0 Å². The van der Waals surface area contributed by atoms with Gasteiger partial charge in [-0.3, -0.25) is 9.36 Å². The number of sulfonamides is 1. The maximum atomic E-state index is 13.0. The normalized spacial score (nSPS) is 14.7. The number of hydrogen-bond donors (Lipinski definition) is 0. The third-order valence-corrected chi connectivity index (χ3v) is 8.68. The molecule has 0 spiro atoms. The van der Waals surface area contributed by atoms with E-state index in [0.29, 0.717) is 13.1 Å². The van der Waals surface area contributed by atoms with Crippen LogP contribution in [-0.4, -0.2) is 65.0 Å². The zero-order valence-corrected chi connectivity index (χ0v) is 20.6. The predicted octanol–water partition coefficient (Wildman–Crippen LogP) is 2.99. The number of piperazine rings is 1. The Morgan fingerprint density at radius 3 is 2.59 bits per heavy atom. The summed E-state index contributed by atoms with van der Waals surface area (Å²) in [4.78, 5) is 18.9. The van der Waals surface area contributed by atoms with Crippen molar-refractivity contribution in [3.05, 3.63) is 71.5 Å². The van der Waals surface area contributed by atoms with Gasteiger partial charge in [0.25, 0.3) is 0 Å². The minimum Gasteiger partial charge on any atom is -0.339 e. The lowest BCUT2D eigenvalue weighted by Crippen LogP contribution is -2.51. The summed E-state index contributed by atoms with van der Waals surface area (Å²) in [5.74, 6) is 0.154. The minimum absolute atomic E-state index is 0.00566. The van der Waals surface area contributed by atoms with Gasteiger partial charge in [0, 0.05) is 38.6 Å². The van der Waals surface area contributed by atoms with E-state index in [1.165, 1.54) is 28.2 Å². The van der Waals surface area contributed by atoms with Crippen molar-refractivity contribution in [1.82, 2.24) is 18.8 Å². The van der Waals surface area contributed by atoms with Crippen molar-refractivity contribution in [3.8, 4) is 11.8 Å². The molecule has 0 saturated carbocycles. The number of benzene rings is 2. The summed E-state index contributed by atoms with van der Waals surface area (Å²) in [7, 11) is -3.79. The summed E-state index contributed by atoms with van der Waals surface area (Å²) in [5.41, 5.74) is 3.42. The number of rotatable bonds is 6. The van der Waals surface area contributed by atoms with Gasteiger partial charge in [0.05, 0.1) is 21.9 Å². The average molecular weight is 496 g/mol. The molecule has 0 N–H and O–H groups in total. The van der Waals surface area contributed by atoms with Gasteiger partial charge >= 0.3 is 0 Å². The number of aromatic nitrogens is 2. The quantitative estimate of drug-likeness (QED) is 0.488. The van der Waals surface area contributed by atoms with Crippen LogP contribution in [0.5, 0.6) is 0 Å². The summed E-state index contributed by atoms with van der Waals surface area (Å²) >= 11 is 1.37. The van der Waals surface area contributed by atoms with Crippen LogP contribution >= 0.6 is 11.8 Å². The first kappa shape index (κ1) is 24.0. The molecule has 0 atom stereocenters. The lowest BCUT2D eigenvalue weighted by Gasteiger charge is -2.34. The monoisotopic (exact) mass is 495 g/mol. The van der Waals surface area contributed by atoms with Crippen molar-refractivity contribution in [2.45, 2.75) is 23.9 Å². The highest BCUT2D eigenvalue weighted by atomic mass is 32.2. The van der Waals surface area contributed by atoms with Gasteiger partial charge in [0.2, 0.25) is 15.9 Å². The van der Waals surface area contributed by atoms with Crippen LogP contribution in [0.1, 0.15) is 16.7 Å². The highest BCUT2D eigenvalue weighted by molar-refractivity contribution is 7.99. The van der Waals surface area contributed by atoms with E-state index in [-0.39, 0.29) is 35.2 Å². The summed E-state index contributed by atoms with van der Waals surface area (Å²) in [6.45, 7) is 5.06. The Hall–Kier alpha value is -3.13. The Kier molecular flexibility index (Phi) is 7.07. The van der Waals surface area contributed by atoms with Crippen LogP contribution in [0.2, 0.25) is 0 Å². The average Bonchev–Trinajstić information content (AvgIpc) is 3.32. The SMILES string of the molecule is Cc1ccc(C)c(-n2ccnc2SCC(=O)N2CCN(S(=O)(=O)c3ccccc3C#N)CC2)c1. The van der Waals surface area contributed by atoms with Crippen LogP contribution in [0.25, 0.3) is 5.69 Å². The molecule has 1 amide bonds. The number of nitrogens with zero attached hydrogens (tertiary/aromatic N) is 5. The van der Waals surface area contributed by atoms with Crippen LogP contribution < -0.4 is 0 Å². The Balaban J connectivity index is 1.38. The second-order valence-electron chi connectivity index (χ2n) is 8.05. The highest BCUT2D eigenvalue weighted by Gasteiger charge is 2.31. The zero-order valence-electron chi connectivity index (χ0n) is 19.0. The van der Waals surface area contributed by atoms with Crippen molar-refractivity contribution in [2.24, 2.45) is 0 Å². The molecule has 8 nitrogen and oxygen atoms in total. The van der Waals surface area contributed by atoms with Gasteiger partial charge in [0.15, 0.2) is 5.16 Å². The van der Waals surface area contributed by atoms with Gasteiger partial charge in [-0.2, -0.15) is 9.57 Å². The number of carbonyl (C=O) groups excluding carboxylic acids is 1. The summed E-state index contributed by atoms with van der Waals surface area (Å²) in [5, 5.41) is 9.99. The van der Waals surface area contributed by atoms with E-state index in [9.17, 15) is 18.5 Å². The van der Waals surface area contributed by atoms with Crippen molar-refractivity contribution in [2.75, 3.05) is 31.9 Å². The zero-order chi connectivity index (χ0) is 24.3. The van der Waals surface area contributed by atoms with E-state index >= 15 is 0 Å². The number of amides is 1. The topological polar surface area (TPSA) is 99.3 Å². The molecule has 34 heavy (non-hydrogen) atoms. The molecule has 1 saturated heterocycles. The van der Waals surface area contributed by atoms with Crippen LogP contribution in [0.15, 0.2) is 64.9 Å². The van der Waals surface area contributed by atoms with E-state index in [1.807, 2.05) is 30.7 Å². The lowest BCUT2D eigenvalue weighted by atomic mass is 10.1. The second-order valence-corrected chi connectivity index (χ2v) is 10.9. The Labute approximate surface area is 203 Å². The molecule has 0 bridgehead atoms. The van der Waals surface area contributed by atoms with E-state index in [1.54, 1.807) is 23.2 Å². The minimum atomic E-state index is -3.79. The molecular formula is C24H25N5O3S2. The number of aryl methyl sites for hydroxylation is 2. The van der Waals surface area contributed by atoms with Crippen LogP contribution in [0.3, 0.4) is 0 Å². The van der Waals surface area contributed by atoms with Gasteiger partial charge in [-0.25, -0.2) is 13.4 Å². The van der Waals surface area contributed by atoms with Gasteiger partial charge in [-0.05, 0) is 43.2 Å². The fraction of sp³-hybridized carbons (Fsp3) is 0.292. The Bertz CT molecular complexity index is 1350. The molecule has 176 valence electrons. The predicted molar refractivity (Wildman–Crippen MR) is 130 cm³/mol. The first-order chi connectivity index (χ1) is 16.3. The fourth-order valence-electron chi connectivity index (χ4n) is 3.88. The molecule has 4 rings (SSSR count). The maximum absolute atomic E-state index is 13.0. The summed E-state index contributed by atoms with van der Waals surface area (Å²) in [6.07, 6.45) is 3.61. The van der Waals surface area contributed by atoms with Crippen LogP contribution in [0.4, 0.5) is 0 Å². The molecule has 0 aliphatic carbocycles. The first-order valence-corrected chi connectivity index (χ1v) is 13.2. The van der Waals surface area contributed by atoms with Crippen molar-refractivity contribution in [1.29, 1.82) is 5.26 Å². The molecule has 1 fully saturated rings. The smallest absolute Gasteiger partial charge is 0.244 e. The lowest BCUT2D eigenvalue weighted by molar-refractivity contribution is -0.129. The molecular weight excluding hydrogens is 470 g/mol. The van der Waals surface area contributed by atoms with Gasteiger partial charge in [0.1, 0.15) is 6.07 Å². The standard InChI is InChI=1S/C24H25N5O3S2/c1-18-7-8-19(2)21(15-18)29-10-9-26-24(29)33-17-23(30)27-11-13-28(14-12-27)34(31,32)22-6-4-3-5-20(22)16-25/h3-10,15H,11-14,17H2,1-2H3. The molecule has 2 aromatic carbocycles. The van der Waals surface area contributed by atoms with Gasteiger partial charge in [-0.1, -0.05) is 36.0 Å². The Morgan fingerprint density at radius 1 is 1.12 bits per heavy atom. The van der Waals surface area contributed by atoms with Gasteiger partial charge < -0.3 is 4.90 Å². The molecule has 3 aromatic rings. The molecule has 1 aliphatic heterocycles. The maximum Gasteiger partial charge on any atom is 0.244 e. The van der Waals surface area contributed by atoms with Crippen molar-refractivity contribution in [3.63, 3.8) is 0 Å². The third kappa shape index (κ3) is 4.87. The van der Waals surface area contributed by atoms with Crippen molar-refractivity contribution >= 4 is 27.7 Å². The Morgan fingerprint density at radius 2 is 1.85 bits per heavy atom. The molecule has 2 heterocycles. The molecule has 1 aliphatic rings. The summed E-state index contributed by atoms with van der Waals surface area (Å²) < 4.78 is 29.3. The van der Waals surface area contributed by atoms with E-state index < -0.39 is 10.0 Å². The molecule has 10 heteroatoms. The number of nitriles is 1. The highest BCUT2D eigenvalue weighted by Crippen LogP contribution is 2.25.